The first-order valence-corrected chi connectivity index (χ1v) is 5.40. The molecule has 0 saturated carbocycles. The number of aromatic nitrogens is 2. The van der Waals surface area contributed by atoms with Gasteiger partial charge in [-0.05, 0) is 28.9 Å². The molecule has 0 spiro atoms. The summed E-state index contributed by atoms with van der Waals surface area (Å²) >= 11 is 3.53. The van der Waals surface area contributed by atoms with Crippen molar-refractivity contribution in [2.24, 2.45) is 12.8 Å². The van der Waals surface area contributed by atoms with Crippen molar-refractivity contribution in [3.05, 3.63) is 16.1 Å². The Balaban J connectivity index is 2.90. The Kier molecular flexibility index (Phi) is 3.93. The van der Waals surface area contributed by atoms with E-state index in [2.05, 4.69) is 32.4 Å². The second kappa shape index (κ2) is 4.77. The Bertz CT molecular complexity index is 254. The fraction of sp³-hybridized carbons (Fsp3) is 0.667. The van der Waals surface area contributed by atoms with Crippen molar-refractivity contribution in [1.29, 1.82) is 0 Å². The van der Waals surface area contributed by atoms with Gasteiger partial charge in [-0.2, -0.15) is 0 Å². The zero-order chi connectivity index (χ0) is 9.84. The molecule has 74 valence electrons. The van der Waals surface area contributed by atoms with E-state index in [1.807, 2.05) is 7.05 Å². The van der Waals surface area contributed by atoms with Gasteiger partial charge in [0.25, 0.3) is 0 Å². The molecule has 13 heavy (non-hydrogen) atoms. The molecule has 1 rings (SSSR count). The summed E-state index contributed by atoms with van der Waals surface area (Å²) in [5.41, 5.74) is 6.64. The van der Waals surface area contributed by atoms with E-state index in [9.17, 15) is 0 Å². The molecule has 0 amide bonds. The predicted molar refractivity (Wildman–Crippen MR) is 57.7 cm³/mol. The number of rotatable bonds is 4. The predicted octanol–water partition coefficient (Wildman–Crippen LogP) is 1.64. The SMILES string of the molecule is CCCc1nc(CCN)n(C)c1Br. The van der Waals surface area contributed by atoms with Crippen molar-refractivity contribution in [1.82, 2.24) is 9.55 Å². The Morgan fingerprint density at radius 1 is 1.46 bits per heavy atom. The number of halogens is 1. The Hall–Kier alpha value is -0.350. The summed E-state index contributed by atoms with van der Waals surface area (Å²) in [4.78, 5) is 4.52. The average molecular weight is 246 g/mol. The van der Waals surface area contributed by atoms with Crippen LogP contribution in [0.1, 0.15) is 24.9 Å². The lowest BCUT2D eigenvalue weighted by Gasteiger charge is -1.98. The van der Waals surface area contributed by atoms with E-state index in [0.29, 0.717) is 6.54 Å². The minimum absolute atomic E-state index is 0.656. The molecule has 1 aromatic heterocycles. The van der Waals surface area contributed by atoms with Crippen LogP contribution in [0, 0.1) is 0 Å². The van der Waals surface area contributed by atoms with Crippen LogP contribution in [-0.4, -0.2) is 16.1 Å². The summed E-state index contributed by atoms with van der Waals surface area (Å²) in [5, 5.41) is 0. The average Bonchev–Trinajstić information content (AvgIpc) is 2.36. The van der Waals surface area contributed by atoms with Crippen LogP contribution in [0.2, 0.25) is 0 Å². The molecule has 0 saturated heterocycles. The van der Waals surface area contributed by atoms with E-state index in [4.69, 9.17) is 5.73 Å². The van der Waals surface area contributed by atoms with E-state index >= 15 is 0 Å². The molecular weight excluding hydrogens is 230 g/mol. The van der Waals surface area contributed by atoms with Gasteiger partial charge < -0.3 is 10.3 Å². The van der Waals surface area contributed by atoms with Gasteiger partial charge in [0.2, 0.25) is 0 Å². The van der Waals surface area contributed by atoms with Gasteiger partial charge in [0.05, 0.1) is 5.69 Å². The lowest BCUT2D eigenvalue weighted by molar-refractivity contribution is 0.767. The van der Waals surface area contributed by atoms with Crippen LogP contribution in [-0.2, 0) is 19.9 Å². The molecule has 3 nitrogen and oxygen atoms in total. The van der Waals surface area contributed by atoms with Crippen LogP contribution in [0.3, 0.4) is 0 Å². The van der Waals surface area contributed by atoms with Gasteiger partial charge in [-0.3, -0.25) is 0 Å². The number of nitrogens with zero attached hydrogens (tertiary/aromatic N) is 2. The number of nitrogens with two attached hydrogens (primary N) is 1. The maximum absolute atomic E-state index is 5.49. The van der Waals surface area contributed by atoms with E-state index in [0.717, 1.165) is 35.4 Å². The van der Waals surface area contributed by atoms with Crippen LogP contribution in [0.15, 0.2) is 4.60 Å². The van der Waals surface area contributed by atoms with Crippen molar-refractivity contribution < 1.29 is 0 Å². The molecule has 0 aliphatic heterocycles. The van der Waals surface area contributed by atoms with Gasteiger partial charge in [0.1, 0.15) is 10.4 Å². The normalized spacial score (nSPS) is 10.8. The van der Waals surface area contributed by atoms with Crippen molar-refractivity contribution in [2.45, 2.75) is 26.2 Å². The molecule has 0 aliphatic carbocycles. The van der Waals surface area contributed by atoms with Crippen molar-refractivity contribution >= 4 is 15.9 Å². The smallest absolute Gasteiger partial charge is 0.110 e. The maximum Gasteiger partial charge on any atom is 0.110 e. The monoisotopic (exact) mass is 245 g/mol. The first-order chi connectivity index (χ1) is 6.20. The molecule has 0 aliphatic rings. The highest BCUT2D eigenvalue weighted by molar-refractivity contribution is 9.10. The van der Waals surface area contributed by atoms with Crippen LogP contribution in [0.4, 0.5) is 0 Å². The lowest BCUT2D eigenvalue weighted by atomic mass is 10.3. The summed E-state index contributed by atoms with van der Waals surface area (Å²) < 4.78 is 3.16. The van der Waals surface area contributed by atoms with Crippen LogP contribution >= 0.6 is 15.9 Å². The molecule has 0 bridgehead atoms. The van der Waals surface area contributed by atoms with Crippen molar-refractivity contribution in [3.63, 3.8) is 0 Å². The second-order valence-corrected chi connectivity index (χ2v) is 3.86. The fourth-order valence-electron chi connectivity index (χ4n) is 1.33. The fourth-order valence-corrected chi connectivity index (χ4v) is 1.82. The first kappa shape index (κ1) is 10.7. The minimum atomic E-state index is 0.656. The summed E-state index contributed by atoms with van der Waals surface area (Å²) in [6, 6.07) is 0. The van der Waals surface area contributed by atoms with Crippen LogP contribution < -0.4 is 5.73 Å². The molecule has 0 atom stereocenters. The summed E-state index contributed by atoms with van der Waals surface area (Å²) in [6.45, 7) is 2.81. The van der Waals surface area contributed by atoms with Gasteiger partial charge in [-0.15, -0.1) is 0 Å². The Morgan fingerprint density at radius 2 is 2.15 bits per heavy atom. The number of hydrogen-bond donors (Lipinski definition) is 1. The third kappa shape index (κ3) is 2.31. The molecule has 0 radical (unpaired) electrons. The van der Waals surface area contributed by atoms with Gasteiger partial charge in [0, 0.05) is 13.5 Å². The van der Waals surface area contributed by atoms with Gasteiger partial charge in [-0.25, -0.2) is 4.98 Å². The largest absolute Gasteiger partial charge is 0.330 e. The first-order valence-electron chi connectivity index (χ1n) is 4.60. The van der Waals surface area contributed by atoms with Crippen molar-refractivity contribution in [3.8, 4) is 0 Å². The van der Waals surface area contributed by atoms with Gasteiger partial charge in [0.15, 0.2) is 0 Å². The zero-order valence-corrected chi connectivity index (χ0v) is 9.76. The van der Waals surface area contributed by atoms with Crippen LogP contribution in [0.25, 0.3) is 0 Å². The summed E-state index contributed by atoms with van der Waals surface area (Å²) in [6.07, 6.45) is 3.00. The Morgan fingerprint density at radius 3 is 2.69 bits per heavy atom. The molecule has 1 heterocycles. The third-order valence-electron chi connectivity index (χ3n) is 2.04. The molecule has 0 aromatic carbocycles. The van der Waals surface area contributed by atoms with E-state index in [1.165, 1.54) is 0 Å². The van der Waals surface area contributed by atoms with Crippen LogP contribution in [0.5, 0.6) is 0 Å². The van der Waals surface area contributed by atoms with Gasteiger partial charge >= 0.3 is 0 Å². The number of imidazole rings is 1. The molecule has 2 N–H and O–H groups in total. The lowest BCUT2D eigenvalue weighted by Crippen LogP contribution is -2.07. The highest BCUT2D eigenvalue weighted by Gasteiger charge is 2.10. The second-order valence-electron chi connectivity index (χ2n) is 3.11. The molecule has 4 heteroatoms. The minimum Gasteiger partial charge on any atom is -0.330 e. The molecule has 1 aromatic rings. The Labute approximate surface area is 87.5 Å². The summed E-state index contributed by atoms with van der Waals surface area (Å²) in [5.74, 6) is 1.07. The third-order valence-corrected chi connectivity index (χ3v) is 3.03. The van der Waals surface area contributed by atoms with E-state index in [-0.39, 0.29) is 0 Å². The quantitative estimate of drug-likeness (QED) is 0.877. The maximum atomic E-state index is 5.49. The standard InChI is InChI=1S/C9H16BrN3/c1-3-4-7-9(10)13(2)8(12-7)5-6-11/h3-6,11H2,1-2H3. The highest BCUT2D eigenvalue weighted by Crippen LogP contribution is 2.18. The summed E-state index contributed by atoms with van der Waals surface area (Å²) in [7, 11) is 2.02. The molecular formula is C9H16BrN3. The topological polar surface area (TPSA) is 43.8 Å². The van der Waals surface area contributed by atoms with Crippen molar-refractivity contribution in [2.75, 3.05) is 6.54 Å². The molecule has 0 fully saturated rings. The zero-order valence-electron chi connectivity index (χ0n) is 8.18. The van der Waals surface area contributed by atoms with E-state index < -0.39 is 0 Å². The van der Waals surface area contributed by atoms with Gasteiger partial charge in [-0.1, -0.05) is 13.3 Å². The highest BCUT2D eigenvalue weighted by atomic mass is 79.9. The number of hydrogen-bond acceptors (Lipinski definition) is 2. The number of aryl methyl sites for hydroxylation is 1. The molecule has 0 unspecified atom stereocenters. The van der Waals surface area contributed by atoms with E-state index in [1.54, 1.807) is 0 Å².